The predicted octanol–water partition coefficient (Wildman–Crippen LogP) is 3.03. The van der Waals surface area contributed by atoms with E-state index in [1.54, 1.807) is 0 Å². The van der Waals surface area contributed by atoms with Gasteiger partial charge < -0.3 is 20.1 Å². The van der Waals surface area contributed by atoms with Gasteiger partial charge in [-0.15, -0.1) is 0 Å². The Hall–Kier alpha value is -3.33. The minimum Gasteiger partial charge on any atom is -0.484 e. The zero-order chi connectivity index (χ0) is 23.2. The first-order valence-electron chi connectivity index (χ1n) is 10.5. The molecule has 0 saturated heterocycles. The molecule has 3 N–H and O–H groups in total. The molecule has 1 heterocycles. The molecule has 3 aliphatic carbocycles. The molecule has 2 amide bonds. The van der Waals surface area contributed by atoms with Crippen molar-refractivity contribution in [2.45, 2.75) is 37.3 Å². The fourth-order valence-electron chi connectivity index (χ4n) is 4.81. The lowest BCUT2D eigenvalue weighted by atomic mass is 9.44. The number of H-pyrrole nitrogens is 1. The summed E-state index contributed by atoms with van der Waals surface area (Å²) in [4.78, 5) is 24.6. The summed E-state index contributed by atoms with van der Waals surface area (Å²) in [5.74, 6) is -0.285. The molecule has 0 unspecified atom stereocenters. The highest BCUT2D eigenvalue weighted by atomic mass is 35.5. The lowest BCUT2D eigenvalue weighted by Gasteiger charge is -2.70. The standard InChI is InChI=1S/C23H22ClFN4O4/c1-13-16-4-2-15(7-19(16)29-28-13)33-9-21(31)27-23-10-22(11-23,12-23)26-20(30)8-32-14-3-5-17(24)18(25)6-14/h2-7H,8-12H2,1H3,(H,26,30)(H,27,31)(H,28,29). The molecule has 172 valence electrons. The van der Waals surface area contributed by atoms with Crippen molar-refractivity contribution in [3.05, 3.63) is 52.9 Å². The van der Waals surface area contributed by atoms with Crippen LogP contribution < -0.4 is 20.1 Å². The third kappa shape index (κ3) is 4.20. The maximum atomic E-state index is 13.4. The molecule has 10 heteroatoms. The van der Waals surface area contributed by atoms with Crippen LogP contribution in [0.25, 0.3) is 10.9 Å². The average Bonchev–Trinajstić information content (AvgIpc) is 3.11. The maximum Gasteiger partial charge on any atom is 0.258 e. The first kappa shape index (κ1) is 21.5. The zero-order valence-corrected chi connectivity index (χ0v) is 18.6. The van der Waals surface area contributed by atoms with Gasteiger partial charge in [-0.1, -0.05) is 11.6 Å². The molecule has 0 radical (unpaired) electrons. The van der Waals surface area contributed by atoms with Crippen LogP contribution in [0.3, 0.4) is 0 Å². The second-order valence-corrected chi connectivity index (χ2v) is 9.26. The highest BCUT2D eigenvalue weighted by Crippen LogP contribution is 2.60. The van der Waals surface area contributed by atoms with Gasteiger partial charge >= 0.3 is 0 Å². The van der Waals surface area contributed by atoms with Crippen LogP contribution in [0, 0.1) is 12.7 Å². The van der Waals surface area contributed by atoms with E-state index < -0.39 is 5.82 Å². The minimum absolute atomic E-state index is 0.00705. The van der Waals surface area contributed by atoms with Gasteiger partial charge in [-0.3, -0.25) is 14.7 Å². The van der Waals surface area contributed by atoms with Crippen molar-refractivity contribution in [3.63, 3.8) is 0 Å². The monoisotopic (exact) mass is 472 g/mol. The summed E-state index contributed by atoms with van der Waals surface area (Å²) < 4.78 is 24.4. The molecule has 3 aromatic rings. The highest BCUT2D eigenvalue weighted by molar-refractivity contribution is 6.30. The van der Waals surface area contributed by atoms with Crippen LogP contribution >= 0.6 is 11.6 Å². The number of amides is 2. The number of aryl methyl sites for hydroxylation is 1. The fourth-order valence-corrected chi connectivity index (χ4v) is 4.92. The number of aromatic amines is 1. The molecule has 6 rings (SSSR count). The molecule has 2 aromatic carbocycles. The Morgan fingerprint density at radius 1 is 1.03 bits per heavy atom. The molecular formula is C23H22ClFN4O4. The molecule has 3 fully saturated rings. The van der Waals surface area contributed by atoms with E-state index in [2.05, 4.69) is 20.8 Å². The molecule has 0 atom stereocenters. The zero-order valence-electron chi connectivity index (χ0n) is 17.8. The van der Waals surface area contributed by atoms with Gasteiger partial charge in [-0.05, 0) is 50.5 Å². The number of hydrogen-bond acceptors (Lipinski definition) is 5. The van der Waals surface area contributed by atoms with Crippen molar-refractivity contribution in [1.82, 2.24) is 20.8 Å². The molecule has 33 heavy (non-hydrogen) atoms. The number of hydrogen-bond donors (Lipinski definition) is 3. The lowest BCUT2D eigenvalue weighted by Crippen LogP contribution is -2.84. The van der Waals surface area contributed by atoms with Crippen LogP contribution in [0.1, 0.15) is 25.0 Å². The van der Waals surface area contributed by atoms with E-state index in [0.717, 1.165) is 22.7 Å². The molecule has 0 spiro atoms. The molecule has 8 nitrogen and oxygen atoms in total. The quantitative estimate of drug-likeness (QED) is 0.467. The van der Waals surface area contributed by atoms with E-state index in [4.69, 9.17) is 21.1 Å². The van der Waals surface area contributed by atoms with Gasteiger partial charge in [-0.2, -0.15) is 5.10 Å². The van der Waals surface area contributed by atoms with Crippen molar-refractivity contribution in [2.24, 2.45) is 0 Å². The van der Waals surface area contributed by atoms with Crippen molar-refractivity contribution in [3.8, 4) is 11.5 Å². The van der Waals surface area contributed by atoms with Gasteiger partial charge in [0.05, 0.1) is 16.2 Å². The van der Waals surface area contributed by atoms with E-state index in [0.29, 0.717) is 25.0 Å². The van der Waals surface area contributed by atoms with Gasteiger partial charge in [-0.25, -0.2) is 4.39 Å². The molecule has 0 aliphatic heterocycles. The van der Waals surface area contributed by atoms with Crippen LogP contribution in [0.4, 0.5) is 4.39 Å². The topological polar surface area (TPSA) is 105 Å². The van der Waals surface area contributed by atoms with E-state index in [1.807, 2.05) is 25.1 Å². The summed E-state index contributed by atoms with van der Waals surface area (Å²) in [7, 11) is 0. The third-order valence-corrected chi connectivity index (χ3v) is 6.50. The van der Waals surface area contributed by atoms with Crippen LogP contribution in [0.5, 0.6) is 11.5 Å². The summed E-state index contributed by atoms with van der Waals surface area (Å²) in [5, 5.41) is 14.0. The summed E-state index contributed by atoms with van der Waals surface area (Å²) >= 11 is 5.63. The third-order valence-electron chi connectivity index (χ3n) is 6.20. The van der Waals surface area contributed by atoms with E-state index in [1.165, 1.54) is 12.1 Å². The van der Waals surface area contributed by atoms with Crippen LogP contribution in [-0.2, 0) is 9.59 Å². The first-order valence-corrected chi connectivity index (χ1v) is 10.9. The van der Waals surface area contributed by atoms with Crippen molar-refractivity contribution >= 4 is 34.3 Å². The summed E-state index contributed by atoms with van der Waals surface area (Å²) in [6.45, 7) is 1.60. The second kappa shape index (κ2) is 7.91. The summed E-state index contributed by atoms with van der Waals surface area (Å²) in [6.07, 6.45) is 1.98. The van der Waals surface area contributed by atoms with Crippen molar-refractivity contribution < 1.29 is 23.5 Å². The number of nitrogens with zero attached hydrogens (tertiary/aromatic N) is 1. The Bertz CT molecular complexity index is 1240. The first-order chi connectivity index (χ1) is 15.7. The number of fused-ring (bicyclic) bond motifs is 1. The van der Waals surface area contributed by atoms with Crippen molar-refractivity contribution in [2.75, 3.05) is 13.2 Å². The van der Waals surface area contributed by atoms with E-state index in [-0.39, 0.29) is 46.9 Å². The molecule has 1 aromatic heterocycles. The van der Waals surface area contributed by atoms with Gasteiger partial charge in [0.25, 0.3) is 11.8 Å². The fraction of sp³-hybridized carbons (Fsp3) is 0.348. The van der Waals surface area contributed by atoms with Gasteiger partial charge in [0.15, 0.2) is 13.2 Å². The molecule has 3 saturated carbocycles. The smallest absolute Gasteiger partial charge is 0.258 e. The minimum atomic E-state index is -0.604. The highest BCUT2D eigenvalue weighted by Gasteiger charge is 2.69. The van der Waals surface area contributed by atoms with Gasteiger partial charge in [0.2, 0.25) is 0 Å². The van der Waals surface area contributed by atoms with Crippen LogP contribution in [-0.4, -0.2) is 46.3 Å². The number of halogens is 2. The number of rotatable bonds is 8. The largest absolute Gasteiger partial charge is 0.484 e. The lowest BCUT2D eigenvalue weighted by molar-refractivity contribution is -0.151. The maximum absolute atomic E-state index is 13.4. The summed E-state index contributed by atoms with van der Waals surface area (Å²) in [6, 6.07) is 9.54. The van der Waals surface area contributed by atoms with E-state index >= 15 is 0 Å². The second-order valence-electron chi connectivity index (χ2n) is 8.86. The average molecular weight is 473 g/mol. The van der Waals surface area contributed by atoms with Gasteiger partial charge in [0, 0.05) is 28.6 Å². The Kier molecular flexibility index (Phi) is 5.16. The van der Waals surface area contributed by atoms with Gasteiger partial charge in [0.1, 0.15) is 17.3 Å². The molecule has 2 bridgehead atoms. The molecular weight excluding hydrogens is 451 g/mol. The Labute approximate surface area is 193 Å². The number of nitrogens with one attached hydrogen (secondary N) is 3. The summed E-state index contributed by atoms with van der Waals surface area (Å²) in [5.41, 5.74) is 1.15. The number of aromatic nitrogens is 2. The van der Waals surface area contributed by atoms with Crippen molar-refractivity contribution in [1.29, 1.82) is 0 Å². The van der Waals surface area contributed by atoms with Crippen LogP contribution in [0.15, 0.2) is 36.4 Å². The normalized spacial score (nSPS) is 22.8. The number of benzene rings is 2. The molecule has 3 aliphatic rings. The van der Waals surface area contributed by atoms with Crippen LogP contribution in [0.2, 0.25) is 5.02 Å². The van der Waals surface area contributed by atoms with E-state index in [9.17, 15) is 14.0 Å². The predicted molar refractivity (Wildman–Crippen MR) is 119 cm³/mol. The number of ether oxygens (including phenoxy) is 2. The Morgan fingerprint density at radius 3 is 2.21 bits per heavy atom. The Morgan fingerprint density at radius 2 is 1.61 bits per heavy atom. The SMILES string of the molecule is Cc1n[nH]c2cc(OCC(=O)NC34CC(NC(=O)COc5ccc(Cl)c(F)c5)(C3)C4)ccc12. The Balaban J connectivity index is 1.04. The number of carbonyl (C=O) groups is 2. The number of carbonyl (C=O) groups excluding carboxylic acids is 2.